The Morgan fingerprint density at radius 2 is 2.00 bits per heavy atom. The molecule has 2 aromatic rings. The molecule has 2 aromatic carbocycles. The minimum absolute atomic E-state index is 0.106. The molecule has 0 bridgehead atoms. The van der Waals surface area contributed by atoms with E-state index in [4.69, 9.17) is 31.0 Å². The molecule has 126 valence electrons. The first-order valence-electron chi connectivity index (χ1n) is 7.09. The van der Waals surface area contributed by atoms with Crippen LogP contribution in [-0.2, 0) is 0 Å². The summed E-state index contributed by atoms with van der Waals surface area (Å²) in [5.41, 5.74) is 0.852. The quantitative estimate of drug-likeness (QED) is 0.282. The Labute approximate surface area is 144 Å². The van der Waals surface area contributed by atoms with Crippen LogP contribution < -0.4 is 14.2 Å². The summed E-state index contributed by atoms with van der Waals surface area (Å²) in [5.74, 6) is 0.437. The Kier molecular flexibility index (Phi) is 6.03. The fourth-order valence-corrected chi connectivity index (χ4v) is 2.23. The van der Waals surface area contributed by atoms with Crippen molar-refractivity contribution in [1.82, 2.24) is 0 Å². The fourth-order valence-electron chi connectivity index (χ4n) is 1.97. The lowest BCUT2D eigenvalue weighted by Gasteiger charge is -2.13. The van der Waals surface area contributed by atoms with E-state index >= 15 is 0 Å². The Morgan fingerprint density at radius 1 is 1.29 bits per heavy atom. The molecule has 7 heteroatoms. The van der Waals surface area contributed by atoms with Gasteiger partial charge in [-0.25, -0.2) is 4.79 Å². The van der Waals surface area contributed by atoms with Gasteiger partial charge < -0.3 is 19.4 Å². The molecule has 0 radical (unpaired) electrons. The monoisotopic (exact) mass is 349 g/mol. The summed E-state index contributed by atoms with van der Waals surface area (Å²) in [5, 5.41) is 11.7. The maximum Gasteiger partial charge on any atom is 0.343 e. The number of esters is 1. The first-order chi connectivity index (χ1) is 11.6. The number of ether oxygens (including phenoxy) is 3. The third-order valence-corrected chi connectivity index (χ3v) is 3.34. The summed E-state index contributed by atoms with van der Waals surface area (Å²) >= 11 is 6.16. The predicted molar refractivity (Wildman–Crippen MR) is 90.0 cm³/mol. The fraction of sp³-hybridized carbons (Fsp3) is 0.176. The van der Waals surface area contributed by atoms with Crippen molar-refractivity contribution < 1.29 is 24.2 Å². The Bertz CT molecular complexity index is 743. The van der Waals surface area contributed by atoms with Crippen molar-refractivity contribution in [2.45, 2.75) is 6.92 Å². The third kappa shape index (κ3) is 4.17. The standard InChI is InChI=1S/C17H16ClNO5/c1-3-23-15-9-11(10-19-21)8-14(18)16(15)24-17(20)12-4-6-13(22-2)7-5-12/h4-10,21H,3H2,1-2H3/b19-10+. The number of carbonyl (C=O) groups is 1. The van der Waals surface area contributed by atoms with Crippen LogP contribution in [-0.4, -0.2) is 31.1 Å². The van der Waals surface area contributed by atoms with E-state index in [2.05, 4.69) is 5.16 Å². The van der Waals surface area contributed by atoms with E-state index in [1.54, 1.807) is 44.4 Å². The molecule has 0 aliphatic heterocycles. The van der Waals surface area contributed by atoms with Crippen molar-refractivity contribution in [3.05, 3.63) is 52.5 Å². The highest BCUT2D eigenvalue weighted by Gasteiger charge is 2.17. The van der Waals surface area contributed by atoms with Crippen LogP contribution in [0.3, 0.4) is 0 Å². The molecule has 0 fully saturated rings. The average molecular weight is 350 g/mol. The molecule has 24 heavy (non-hydrogen) atoms. The normalized spacial score (nSPS) is 10.6. The smallest absolute Gasteiger partial charge is 0.343 e. The van der Waals surface area contributed by atoms with E-state index in [1.165, 1.54) is 12.3 Å². The van der Waals surface area contributed by atoms with Crippen molar-refractivity contribution in [3.8, 4) is 17.2 Å². The Hall–Kier alpha value is -2.73. The highest BCUT2D eigenvalue weighted by Crippen LogP contribution is 2.37. The van der Waals surface area contributed by atoms with Gasteiger partial charge in [0.1, 0.15) is 5.75 Å². The number of oxime groups is 1. The summed E-state index contributed by atoms with van der Waals surface area (Å²) in [6, 6.07) is 9.54. The number of rotatable bonds is 6. The highest BCUT2D eigenvalue weighted by atomic mass is 35.5. The van der Waals surface area contributed by atoms with Gasteiger partial charge in [-0.15, -0.1) is 0 Å². The van der Waals surface area contributed by atoms with Gasteiger partial charge in [-0.1, -0.05) is 16.8 Å². The molecule has 0 unspecified atom stereocenters. The molecule has 2 rings (SSSR count). The number of benzene rings is 2. The van der Waals surface area contributed by atoms with Crippen LogP contribution in [0.1, 0.15) is 22.8 Å². The molecular formula is C17H16ClNO5. The lowest BCUT2D eigenvalue weighted by Crippen LogP contribution is -2.10. The molecule has 0 spiro atoms. The molecule has 1 N–H and O–H groups in total. The van der Waals surface area contributed by atoms with Gasteiger partial charge in [0.25, 0.3) is 0 Å². The molecular weight excluding hydrogens is 334 g/mol. The van der Waals surface area contributed by atoms with Gasteiger partial charge >= 0.3 is 5.97 Å². The van der Waals surface area contributed by atoms with Crippen LogP contribution in [0.4, 0.5) is 0 Å². The highest BCUT2D eigenvalue weighted by molar-refractivity contribution is 6.32. The van der Waals surface area contributed by atoms with Crippen LogP contribution in [0, 0.1) is 0 Å². The Balaban J connectivity index is 2.31. The van der Waals surface area contributed by atoms with Gasteiger partial charge in [0.15, 0.2) is 11.5 Å². The van der Waals surface area contributed by atoms with Crippen LogP contribution in [0.5, 0.6) is 17.2 Å². The van der Waals surface area contributed by atoms with Gasteiger partial charge in [-0.05, 0) is 43.3 Å². The van der Waals surface area contributed by atoms with Gasteiger partial charge in [0.2, 0.25) is 0 Å². The van der Waals surface area contributed by atoms with Crippen molar-refractivity contribution in [2.75, 3.05) is 13.7 Å². The molecule has 0 amide bonds. The molecule has 0 aliphatic carbocycles. The molecule has 0 aliphatic rings. The van der Waals surface area contributed by atoms with E-state index in [-0.39, 0.29) is 16.5 Å². The zero-order chi connectivity index (χ0) is 17.5. The number of carbonyl (C=O) groups excluding carboxylic acids is 1. The average Bonchev–Trinajstić information content (AvgIpc) is 2.58. The largest absolute Gasteiger partial charge is 0.497 e. The second kappa shape index (κ2) is 8.21. The van der Waals surface area contributed by atoms with E-state index < -0.39 is 5.97 Å². The molecule has 0 saturated heterocycles. The number of methoxy groups -OCH3 is 1. The zero-order valence-corrected chi connectivity index (χ0v) is 13.9. The van der Waals surface area contributed by atoms with E-state index in [9.17, 15) is 4.79 Å². The van der Waals surface area contributed by atoms with Gasteiger partial charge in [-0.2, -0.15) is 0 Å². The van der Waals surface area contributed by atoms with Crippen LogP contribution in [0.2, 0.25) is 5.02 Å². The molecule has 0 saturated carbocycles. The van der Waals surface area contributed by atoms with E-state index in [1.807, 2.05) is 0 Å². The zero-order valence-electron chi connectivity index (χ0n) is 13.2. The van der Waals surface area contributed by atoms with Crippen LogP contribution in [0.15, 0.2) is 41.6 Å². The first-order valence-corrected chi connectivity index (χ1v) is 7.46. The minimum Gasteiger partial charge on any atom is -0.497 e. The first kappa shape index (κ1) is 17.6. The van der Waals surface area contributed by atoms with Crippen molar-refractivity contribution in [3.63, 3.8) is 0 Å². The second-order valence-electron chi connectivity index (χ2n) is 4.63. The van der Waals surface area contributed by atoms with Gasteiger partial charge in [0.05, 0.1) is 30.5 Å². The lowest BCUT2D eigenvalue weighted by atomic mass is 10.2. The van der Waals surface area contributed by atoms with E-state index in [0.717, 1.165) is 0 Å². The van der Waals surface area contributed by atoms with Crippen LogP contribution >= 0.6 is 11.6 Å². The number of halogens is 1. The van der Waals surface area contributed by atoms with E-state index in [0.29, 0.717) is 23.5 Å². The summed E-state index contributed by atoms with van der Waals surface area (Å²) in [7, 11) is 1.54. The lowest BCUT2D eigenvalue weighted by molar-refractivity contribution is 0.0728. The maximum atomic E-state index is 12.3. The Morgan fingerprint density at radius 3 is 2.58 bits per heavy atom. The van der Waals surface area contributed by atoms with Crippen LogP contribution in [0.25, 0.3) is 0 Å². The maximum absolute atomic E-state index is 12.3. The summed E-state index contributed by atoms with van der Waals surface area (Å²) in [6.07, 6.45) is 1.20. The summed E-state index contributed by atoms with van der Waals surface area (Å²) in [4.78, 5) is 12.3. The summed E-state index contributed by atoms with van der Waals surface area (Å²) in [6.45, 7) is 2.14. The molecule has 6 nitrogen and oxygen atoms in total. The predicted octanol–water partition coefficient (Wildman–Crippen LogP) is 3.77. The number of hydrogen-bond donors (Lipinski definition) is 1. The number of nitrogens with zero attached hydrogens (tertiary/aromatic N) is 1. The molecule has 0 aromatic heterocycles. The third-order valence-electron chi connectivity index (χ3n) is 3.06. The molecule has 0 atom stereocenters. The van der Waals surface area contributed by atoms with Gasteiger partial charge in [-0.3, -0.25) is 0 Å². The van der Waals surface area contributed by atoms with Crippen molar-refractivity contribution in [2.24, 2.45) is 5.16 Å². The minimum atomic E-state index is -0.580. The SMILES string of the molecule is CCOc1cc(/C=N/O)cc(Cl)c1OC(=O)c1ccc(OC)cc1. The summed E-state index contributed by atoms with van der Waals surface area (Å²) < 4.78 is 15.9. The van der Waals surface area contributed by atoms with Crippen molar-refractivity contribution in [1.29, 1.82) is 0 Å². The topological polar surface area (TPSA) is 77.4 Å². The van der Waals surface area contributed by atoms with Gasteiger partial charge in [0, 0.05) is 5.56 Å². The second-order valence-corrected chi connectivity index (χ2v) is 5.03. The van der Waals surface area contributed by atoms with Crippen molar-refractivity contribution >= 4 is 23.8 Å². The number of hydrogen-bond acceptors (Lipinski definition) is 6. The molecule has 0 heterocycles.